The molecular formula is C13H15N3O4S. The van der Waals surface area contributed by atoms with E-state index in [4.69, 9.17) is 9.84 Å². The molecule has 0 fully saturated rings. The molecule has 0 aromatic carbocycles. The number of aryl methyl sites for hydroxylation is 1. The van der Waals surface area contributed by atoms with Crippen molar-refractivity contribution in [1.29, 1.82) is 0 Å². The summed E-state index contributed by atoms with van der Waals surface area (Å²) in [6.07, 6.45) is 1.66. The monoisotopic (exact) mass is 309 g/mol. The third-order valence-electron chi connectivity index (χ3n) is 2.78. The number of thiazole rings is 1. The van der Waals surface area contributed by atoms with Crippen LogP contribution in [0.25, 0.3) is 11.3 Å². The SMILES string of the molecule is COCC(NC(=O)c1cc(-c2csc(C)n2)c[nH]1)C(=O)O. The van der Waals surface area contributed by atoms with Gasteiger partial charge < -0.3 is 20.1 Å². The van der Waals surface area contributed by atoms with E-state index in [-0.39, 0.29) is 12.3 Å². The summed E-state index contributed by atoms with van der Waals surface area (Å²) < 4.78 is 4.76. The van der Waals surface area contributed by atoms with Crippen molar-refractivity contribution in [3.8, 4) is 11.3 Å². The molecule has 0 bridgehead atoms. The topological polar surface area (TPSA) is 104 Å². The average Bonchev–Trinajstić information content (AvgIpc) is 3.06. The maximum Gasteiger partial charge on any atom is 0.328 e. The van der Waals surface area contributed by atoms with Gasteiger partial charge in [0.05, 0.1) is 17.3 Å². The van der Waals surface area contributed by atoms with E-state index in [1.807, 2.05) is 12.3 Å². The Balaban J connectivity index is 2.10. The van der Waals surface area contributed by atoms with Crippen molar-refractivity contribution in [3.63, 3.8) is 0 Å². The number of rotatable bonds is 6. The van der Waals surface area contributed by atoms with Gasteiger partial charge >= 0.3 is 5.97 Å². The Hall–Kier alpha value is -2.19. The fraction of sp³-hybridized carbons (Fsp3) is 0.308. The number of nitrogens with zero attached hydrogens (tertiary/aromatic N) is 1. The zero-order valence-electron chi connectivity index (χ0n) is 11.5. The molecule has 0 saturated carbocycles. The van der Waals surface area contributed by atoms with Gasteiger partial charge in [-0.25, -0.2) is 9.78 Å². The first-order valence-electron chi connectivity index (χ1n) is 6.14. The lowest BCUT2D eigenvalue weighted by Crippen LogP contribution is -2.43. The summed E-state index contributed by atoms with van der Waals surface area (Å²) in [4.78, 5) is 30.1. The number of aromatic nitrogens is 2. The van der Waals surface area contributed by atoms with E-state index < -0.39 is 17.9 Å². The van der Waals surface area contributed by atoms with Gasteiger partial charge in [0, 0.05) is 24.3 Å². The molecule has 21 heavy (non-hydrogen) atoms. The number of aromatic amines is 1. The molecule has 0 aliphatic carbocycles. The number of hydrogen-bond donors (Lipinski definition) is 3. The predicted octanol–water partition coefficient (Wildman–Crippen LogP) is 1.28. The molecule has 2 aromatic heterocycles. The Kier molecular flexibility index (Phi) is 4.71. The Labute approximate surface area is 125 Å². The molecule has 1 atom stereocenters. The van der Waals surface area contributed by atoms with Gasteiger partial charge in [-0.05, 0) is 13.0 Å². The quantitative estimate of drug-likeness (QED) is 0.745. The number of carboxylic acids is 1. The molecule has 8 heteroatoms. The highest BCUT2D eigenvalue weighted by Gasteiger charge is 2.21. The maximum atomic E-state index is 12.0. The minimum absolute atomic E-state index is 0.0973. The molecule has 7 nitrogen and oxygen atoms in total. The van der Waals surface area contributed by atoms with Crippen LogP contribution >= 0.6 is 11.3 Å². The molecular weight excluding hydrogens is 294 g/mol. The van der Waals surface area contributed by atoms with Crippen LogP contribution < -0.4 is 5.32 Å². The number of carbonyl (C=O) groups is 2. The number of ether oxygens (including phenoxy) is 1. The van der Waals surface area contributed by atoms with E-state index in [1.54, 1.807) is 12.3 Å². The number of aliphatic carboxylic acids is 1. The number of methoxy groups -OCH3 is 1. The van der Waals surface area contributed by atoms with Crippen LogP contribution in [0, 0.1) is 6.92 Å². The molecule has 2 heterocycles. The number of hydrogen-bond acceptors (Lipinski definition) is 5. The summed E-state index contributed by atoms with van der Waals surface area (Å²) in [7, 11) is 1.37. The van der Waals surface area contributed by atoms with Crippen molar-refractivity contribution in [2.45, 2.75) is 13.0 Å². The smallest absolute Gasteiger partial charge is 0.328 e. The fourth-order valence-corrected chi connectivity index (χ4v) is 2.37. The molecule has 2 aromatic rings. The van der Waals surface area contributed by atoms with Crippen molar-refractivity contribution >= 4 is 23.2 Å². The van der Waals surface area contributed by atoms with E-state index in [0.717, 1.165) is 16.3 Å². The van der Waals surface area contributed by atoms with Gasteiger partial charge in [-0.15, -0.1) is 11.3 Å². The third-order valence-corrected chi connectivity index (χ3v) is 3.55. The van der Waals surface area contributed by atoms with Crippen molar-refractivity contribution < 1.29 is 19.4 Å². The van der Waals surface area contributed by atoms with Gasteiger partial charge in [0.25, 0.3) is 5.91 Å². The van der Waals surface area contributed by atoms with Crippen molar-refractivity contribution in [2.24, 2.45) is 0 Å². The van der Waals surface area contributed by atoms with Crippen LogP contribution in [0.5, 0.6) is 0 Å². The van der Waals surface area contributed by atoms with Gasteiger partial charge in [0.1, 0.15) is 5.69 Å². The molecule has 3 N–H and O–H groups in total. The van der Waals surface area contributed by atoms with E-state index in [1.165, 1.54) is 18.4 Å². The van der Waals surface area contributed by atoms with Gasteiger partial charge in [-0.1, -0.05) is 0 Å². The van der Waals surface area contributed by atoms with Crippen LogP contribution in [0.1, 0.15) is 15.5 Å². The Morgan fingerprint density at radius 1 is 1.57 bits per heavy atom. The van der Waals surface area contributed by atoms with Gasteiger partial charge in [0.15, 0.2) is 6.04 Å². The summed E-state index contributed by atoms with van der Waals surface area (Å²) in [6, 6.07) is 0.547. The number of H-pyrrole nitrogens is 1. The summed E-state index contributed by atoms with van der Waals surface area (Å²) in [5.41, 5.74) is 1.83. The van der Waals surface area contributed by atoms with E-state index in [9.17, 15) is 9.59 Å². The van der Waals surface area contributed by atoms with E-state index in [0.29, 0.717) is 0 Å². The standard InChI is InChI=1S/C13H15N3O4S/c1-7-15-11(6-21-7)8-3-9(14-4-8)12(17)16-10(5-20-2)13(18)19/h3-4,6,10,14H,5H2,1-2H3,(H,16,17)(H,18,19). The van der Waals surface area contributed by atoms with Crippen LogP contribution in [-0.4, -0.2) is 46.7 Å². The van der Waals surface area contributed by atoms with Gasteiger partial charge in [-0.3, -0.25) is 4.79 Å². The Bertz CT molecular complexity index is 649. The number of nitrogens with one attached hydrogen (secondary N) is 2. The molecule has 112 valence electrons. The van der Waals surface area contributed by atoms with Crippen LogP contribution in [0.4, 0.5) is 0 Å². The highest BCUT2D eigenvalue weighted by atomic mass is 32.1. The molecule has 0 aliphatic rings. The van der Waals surface area contributed by atoms with Gasteiger partial charge in [-0.2, -0.15) is 0 Å². The number of carbonyl (C=O) groups excluding carboxylic acids is 1. The maximum absolute atomic E-state index is 12.0. The first kappa shape index (κ1) is 15.2. The van der Waals surface area contributed by atoms with Crippen molar-refractivity contribution in [1.82, 2.24) is 15.3 Å². The summed E-state index contributed by atoms with van der Waals surface area (Å²) in [6.45, 7) is 1.80. The normalized spacial score (nSPS) is 12.1. The summed E-state index contributed by atoms with van der Waals surface area (Å²) in [5, 5.41) is 14.2. The molecule has 1 amide bonds. The van der Waals surface area contributed by atoms with Crippen LogP contribution in [-0.2, 0) is 9.53 Å². The molecule has 0 radical (unpaired) electrons. The van der Waals surface area contributed by atoms with Crippen LogP contribution in [0.3, 0.4) is 0 Å². The molecule has 0 spiro atoms. The molecule has 0 aliphatic heterocycles. The van der Waals surface area contributed by atoms with Crippen molar-refractivity contribution in [3.05, 3.63) is 28.3 Å². The molecule has 2 rings (SSSR count). The lowest BCUT2D eigenvalue weighted by Gasteiger charge is -2.12. The minimum Gasteiger partial charge on any atom is -0.480 e. The zero-order chi connectivity index (χ0) is 15.4. The number of amides is 1. The highest BCUT2D eigenvalue weighted by Crippen LogP contribution is 2.22. The Morgan fingerprint density at radius 2 is 2.33 bits per heavy atom. The zero-order valence-corrected chi connectivity index (χ0v) is 12.4. The Morgan fingerprint density at radius 3 is 2.90 bits per heavy atom. The van der Waals surface area contributed by atoms with Crippen molar-refractivity contribution in [2.75, 3.05) is 13.7 Å². The predicted molar refractivity (Wildman–Crippen MR) is 77.4 cm³/mol. The minimum atomic E-state index is -1.15. The molecule has 1 unspecified atom stereocenters. The second-order valence-electron chi connectivity index (χ2n) is 4.37. The van der Waals surface area contributed by atoms with Gasteiger partial charge in [0.2, 0.25) is 0 Å². The van der Waals surface area contributed by atoms with Crippen LogP contribution in [0.15, 0.2) is 17.6 Å². The number of carboxylic acid groups (broad SMARTS) is 1. The lowest BCUT2D eigenvalue weighted by molar-refractivity contribution is -0.140. The van der Waals surface area contributed by atoms with Crippen LogP contribution in [0.2, 0.25) is 0 Å². The summed E-state index contributed by atoms with van der Waals surface area (Å²) >= 11 is 1.52. The lowest BCUT2D eigenvalue weighted by atomic mass is 10.2. The second-order valence-corrected chi connectivity index (χ2v) is 5.44. The fourth-order valence-electron chi connectivity index (χ4n) is 1.75. The summed E-state index contributed by atoms with van der Waals surface area (Å²) in [5.74, 6) is -1.65. The largest absolute Gasteiger partial charge is 0.480 e. The molecule has 0 saturated heterocycles. The first-order valence-corrected chi connectivity index (χ1v) is 7.02. The van der Waals surface area contributed by atoms with E-state index >= 15 is 0 Å². The first-order chi connectivity index (χ1) is 10.0. The van der Waals surface area contributed by atoms with E-state index in [2.05, 4.69) is 15.3 Å². The third kappa shape index (κ3) is 3.67. The average molecular weight is 309 g/mol. The highest BCUT2D eigenvalue weighted by molar-refractivity contribution is 7.09. The second kappa shape index (κ2) is 6.51.